The van der Waals surface area contributed by atoms with Crippen molar-refractivity contribution in [1.29, 1.82) is 0 Å². The number of methoxy groups -OCH3 is 1. The number of benzene rings is 1. The van der Waals surface area contributed by atoms with Crippen molar-refractivity contribution in [3.8, 4) is 11.5 Å². The van der Waals surface area contributed by atoms with Crippen LogP contribution in [0.1, 0.15) is 34.4 Å². The number of pyridine rings is 1. The number of fused-ring (bicyclic) bond motifs is 1. The largest absolute Gasteiger partial charge is 0.493 e. The normalized spacial score (nSPS) is 14.6. The molecule has 1 aliphatic heterocycles. The van der Waals surface area contributed by atoms with Gasteiger partial charge < -0.3 is 18.9 Å². The summed E-state index contributed by atoms with van der Waals surface area (Å²) in [5.41, 5.74) is 3.38. The fraction of sp³-hybridized carbons (Fsp3) is 0.304. The lowest BCUT2D eigenvalue weighted by Gasteiger charge is -2.33. The molecule has 0 unspecified atom stereocenters. The van der Waals surface area contributed by atoms with Gasteiger partial charge >= 0.3 is 0 Å². The van der Waals surface area contributed by atoms with Crippen LogP contribution in [0.15, 0.2) is 54.3 Å². The summed E-state index contributed by atoms with van der Waals surface area (Å²) in [6, 6.07) is 11.6. The molecule has 1 aliphatic rings. The molecule has 164 valence electrons. The second-order valence-corrected chi connectivity index (χ2v) is 8.46. The van der Waals surface area contributed by atoms with Crippen LogP contribution in [0.25, 0.3) is 11.2 Å². The lowest BCUT2D eigenvalue weighted by atomic mass is 10.0. The molecule has 0 bridgehead atoms. The van der Waals surface area contributed by atoms with Crippen molar-refractivity contribution < 1.29 is 14.3 Å². The quantitative estimate of drug-likeness (QED) is 0.443. The standard InChI is InChI=1S/C23H23N5O3S/c1-30-18-6-2-3-7-19(18)31-14-21-26-17-5-4-10-25-22(17)28(21)16-8-11-27(12-9-16)23(29)20-13-24-15-32-20/h2-7,10,13,15-16H,8-9,11-12,14H2,1H3. The number of ether oxygens (including phenoxy) is 2. The van der Waals surface area contributed by atoms with Crippen molar-refractivity contribution >= 4 is 28.4 Å². The highest BCUT2D eigenvalue weighted by molar-refractivity contribution is 7.11. The molecule has 4 heterocycles. The maximum atomic E-state index is 12.7. The zero-order chi connectivity index (χ0) is 21.9. The third-order valence-corrected chi connectivity index (χ3v) is 6.47. The Kier molecular flexibility index (Phi) is 5.72. The minimum atomic E-state index is 0.0549. The van der Waals surface area contributed by atoms with Gasteiger partial charge in [-0.1, -0.05) is 12.1 Å². The second-order valence-electron chi connectivity index (χ2n) is 7.57. The highest BCUT2D eigenvalue weighted by atomic mass is 32.1. The van der Waals surface area contributed by atoms with Gasteiger partial charge in [0.15, 0.2) is 17.1 Å². The zero-order valence-corrected chi connectivity index (χ0v) is 18.5. The van der Waals surface area contributed by atoms with Gasteiger partial charge in [-0.05, 0) is 37.1 Å². The van der Waals surface area contributed by atoms with E-state index in [2.05, 4.69) is 14.5 Å². The Labute approximate surface area is 189 Å². The number of aromatic nitrogens is 4. The van der Waals surface area contributed by atoms with Crippen LogP contribution in [0, 0.1) is 0 Å². The Morgan fingerprint density at radius 2 is 1.97 bits per heavy atom. The first-order valence-electron chi connectivity index (χ1n) is 10.5. The summed E-state index contributed by atoms with van der Waals surface area (Å²) in [4.78, 5) is 28.7. The van der Waals surface area contributed by atoms with Gasteiger partial charge in [-0.15, -0.1) is 11.3 Å². The van der Waals surface area contributed by atoms with E-state index in [0.717, 1.165) is 29.8 Å². The number of rotatable bonds is 6. The molecule has 8 nitrogen and oxygen atoms in total. The van der Waals surface area contributed by atoms with E-state index in [1.165, 1.54) is 11.3 Å². The van der Waals surface area contributed by atoms with E-state index in [1.807, 2.05) is 41.3 Å². The van der Waals surface area contributed by atoms with Gasteiger partial charge in [0.25, 0.3) is 5.91 Å². The van der Waals surface area contributed by atoms with Crippen LogP contribution < -0.4 is 9.47 Å². The highest BCUT2D eigenvalue weighted by Crippen LogP contribution is 2.31. The van der Waals surface area contributed by atoms with E-state index in [0.29, 0.717) is 36.1 Å². The molecule has 0 saturated carbocycles. The Morgan fingerprint density at radius 1 is 1.16 bits per heavy atom. The zero-order valence-electron chi connectivity index (χ0n) is 17.7. The Bertz CT molecular complexity index is 1220. The predicted molar refractivity (Wildman–Crippen MR) is 121 cm³/mol. The summed E-state index contributed by atoms with van der Waals surface area (Å²) < 4.78 is 13.7. The molecule has 0 radical (unpaired) electrons. The molecule has 1 saturated heterocycles. The average molecular weight is 450 g/mol. The molecule has 32 heavy (non-hydrogen) atoms. The van der Waals surface area contributed by atoms with E-state index < -0.39 is 0 Å². The van der Waals surface area contributed by atoms with Crippen molar-refractivity contribution in [2.24, 2.45) is 0 Å². The van der Waals surface area contributed by atoms with Gasteiger partial charge in [0.2, 0.25) is 0 Å². The highest BCUT2D eigenvalue weighted by Gasteiger charge is 2.28. The topological polar surface area (TPSA) is 82.4 Å². The number of likely N-dealkylation sites (tertiary alicyclic amines) is 1. The van der Waals surface area contributed by atoms with Crippen LogP contribution in [0.5, 0.6) is 11.5 Å². The Hall–Kier alpha value is -3.46. The molecule has 0 spiro atoms. The third kappa shape index (κ3) is 3.91. The molecule has 9 heteroatoms. The Morgan fingerprint density at radius 3 is 2.72 bits per heavy atom. The van der Waals surface area contributed by atoms with E-state index in [1.54, 1.807) is 25.0 Å². The number of carbonyl (C=O) groups is 1. The van der Waals surface area contributed by atoms with E-state index in [4.69, 9.17) is 14.5 Å². The molecular formula is C23H23N5O3S. The maximum Gasteiger partial charge on any atom is 0.265 e. The van der Waals surface area contributed by atoms with Gasteiger partial charge in [-0.3, -0.25) is 9.78 Å². The first-order chi connectivity index (χ1) is 15.7. The van der Waals surface area contributed by atoms with Gasteiger partial charge in [0.05, 0.1) is 18.8 Å². The average Bonchev–Trinajstić information content (AvgIpc) is 3.51. The number of carbonyl (C=O) groups excluding carboxylic acids is 1. The fourth-order valence-electron chi connectivity index (χ4n) is 4.15. The molecule has 1 amide bonds. The Balaban J connectivity index is 1.37. The molecule has 0 atom stereocenters. The SMILES string of the molecule is COc1ccccc1OCc1nc2cccnc2n1C1CCN(C(=O)c2cncs2)CC1. The van der Waals surface area contributed by atoms with Gasteiger partial charge in [0.1, 0.15) is 22.8 Å². The molecule has 1 aromatic carbocycles. The van der Waals surface area contributed by atoms with Crippen molar-refractivity contribution in [2.75, 3.05) is 20.2 Å². The first kappa shape index (κ1) is 20.4. The van der Waals surface area contributed by atoms with Gasteiger partial charge in [0, 0.05) is 25.3 Å². The minimum Gasteiger partial charge on any atom is -0.493 e. The van der Waals surface area contributed by atoms with Gasteiger partial charge in [-0.25, -0.2) is 9.97 Å². The number of amides is 1. The van der Waals surface area contributed by atoms with Crippen molar-refractivity contribution in [3.05, 3.63) is 65.0 Å². The summed E-state index contributed by atoms with van der Waals surface area (Å²) in [7, 11) is 1.63. The summed E-state index contributed by atoms with van der Waals surface area (Å²) >= 11 is 1.38. The monoisotopic (exact) mass is 449 g/mol. The lowest BCUT2D eigenvalue weighted by Crippen LogP contribution is -2.39. The molecule has 1 fully saturated rings. The van der Waals surface area contributed by atoms with Crippen LogP contribution in [-0.4, -0.2) is 50.5 Å². The predicted octanol–water partition coefficient (Wildman–Crippen LogP) is 3.95. The molecule has 4 aromatic rings. The summed E-state index contributed by atoms with van der Waals surface area (Å²) in [5.74, 6) is 2.23. The minimum absolute atomic E-state index is 0.0549. The molecule has 0 N–H and O–H groups in total. The summed E-state index contributed by atoms with van der Waals surface area (Å²) in [6.07, 6.45) is 5.08. The summed E-state index contributed by atoms with van der Waals surface area (Å²) in [6.45, 7) is 1.66. The van der Waals surface area contributed by atoms with Crippen LogP contribution in [0.2, 0.25) is 0 Å². The lowest BCUT2D eigenvalue weighted by molar-refractivity contribution is 0.0698. The van der Waals surface area contributed by atoms with E-state index in [9.17, 15) is 4.79 Å². The third-order valence-electron chi connectivity index (χ3n) is 5.71. The van der Waals surface area contributed by atoms with Crippen LogP contribution in [-0.2, 0) is 6.61 Å². The fourth-order valence-corrected chi connectivity index (χ4v) is 4.73. The number of para-hydroxylation sites is 2. The number of nitrogens with zero attached hydrogens (tertiary/aromatic N) is 5. The maximum absolute atomic E-state index is 12.7. The number of hydrogen-bond acceptors (Lipinski definition) is 7. The second kappa shape index (κ2) is 8.96. The van der Waals surface area contributed by atoms with Crippen molar-refractivity contribution in [2.45, 2.75) is 25.5 Å². The molecule has 0 aliphatic carbocycles. The van der Waals surface area contributed by atoms with Gasteiger partial charge in [-0.2, -0.15) is 0 Å². The molecular weight excluding hydrogens is 426 g/mol. The van der Waals surface area contributed by atoms with Crippen molar-refractivity contribution in [1.82, 2.24) is 24.4 Å². The summed E-state index contributed by atoms with van der Waals surface area (Å²) in [5, 5.41) is 0. The van der Waals surface area contributed by atoms with Crippen LogP contribution >= 0.6 is 11.3 Å². The van der Waals surface area contributed by atoms with Crippen molar-refractivity contribution in [3.63, 3.8) is 0 Å². The number of piperidine rings is 1. The number of imidazole rings is 1. The molecule has 3 aromatic heterocycles. The first-order valence-corrected chi connectivity index (χ1v) is 11.4. The van der Waals surface area contributed by atoms with E-state index in [-0.39, 0.29) is 11.9 Å². The van der Waals surface area contributed by atoms with E-state index >= 15 is 0 Å². The molecule has 5 rings (SSSR count). The number of hydrogen-bond donors (Lipinski definition) is 0. The van der Waals surface area contributed by atoms with Crippen LogP contribution in [0.4, 0.5) is 0 Å². The number of thiazole rings is 1. The smallest absolute Gasteiger partial charge is 0.265 e. The van der Waals surface area contributed by atoms with Crippen LogP contribution in [0.3, 0.4) is 0 Å².